The van der Waals surface area contributed by atoms with Crippen LogP contribution in [0.5, 0.6) is 0 Å². The molecular formula is C31H36N4O4S2. The van der Waals surface area contributed by atoms with Crippen molar-refractivity contribution in [3.8, 4) is 0 Å². The quantitative estimate of drug-likeness (QED) is 0.287. The molecule has 3 saturated heterocycles. The number of H-pyrrole nitrogens is 1. The van der Waals surface area contributed by atoms with Gasteiger partial charge in [0, 0.05) is 75.4 Å². The lowest BCUT2D eigenvalue weighted by atomic mass is 10.1. The average molecular weight is 593 g/mol. The molecular weight excluding hydrogens is 556 g/mol. The Balaban J connectivity index is 0.979. The number of fused-ring (bicyclic) bond motifs is 4. The number of aromatic amines is 1. The first-order chi connectivity index (χ1) is 20.1. The van der Waals surface area contributed by atoms with Gasteiger partial charge in [0.2, 0.25) is 5.56 Å². The van der Waals surface area contributed by atoms with Crippen LogP contribution in [0.4, 0.5) is 11.4 Å². The Morgan fingerprint density at radius 2 is 1.93 bits per heavy atom. The van der Waals surface area contributed by atoms with E-state index < -0.39 is 0 Å². The zero-order valence-corrected chi connectivity index (χ0v) is 24.8. The summed E-state index contributed by atoms with van der Waals surface area (Å²) in [6.07, 6.45) is 4.81. The predicted molar refractivity (Wildman–Crippen MR) is 162 cm³/mol. The first kappa shape index (κ1) is 27.4. The van der Waals surface area contributed by atoms with Gasteiger partial charge in [-0.3, -0.25) is 9.69 Å². The molecule has 41 heavy (non-hydrogen) atoms. The van der Waals surface area contributed by atoms with Gasteiger partial charge in [0.05, 0.1) is 32.2 Å². The largest absolute Gasteiger partial charge is 0.380 e. The fourth-order valence-electron chi connectivity index (χ4n) is 6.16. The van der Waals surface area contributed by atoms with E-state index in [0.29, 0.717) is 38.7 Å². The Bertz CT molecular complexity index is 1440. The number of pyridine rings is 1. The zero-order chi connectivity index (χ0) is 27.8. The molecule has 216 valence electrons. The van der Waals surface area contributed by atoms with Crippen molar-refractivity contribution in [3.05, 3.63) is 70.6 Å². The summed E-state index contributed by atoms with van der Waals surface area (Å²) in [5.74, 6) is 0. The summed E-state index contributed by atoms with van der Waals surface area (Å²) in [6.45, 7) is 7.59. The van der Waals surface area contributed by atoms with Gasteiger partial charge in [-0.1, -0.05) is 35.7 Å². The molecule has 0 radical (unpaired) electrons. The molecule has 0 amide bonds. The van der Waals surface area contributed by atoms with Crippen molar-refractivity contribution in [2.45, 2.75) is 63.7 Å². The molecule has 0 aliphatic carbocycles. The summed E-state index contributed by atoms with van der Waals surface area (Å²) in [5.41, 5.74) is 3.18. The molecule has 1 aromatic heterocycles. The molecule has 3 fully saturated rings. The maximum Gasteiger partial charge on any atom is 0.249 e. The molecule has 0 spiro atoms. The summed E-state index contributed by atoms with van der Waals surface area (Å²) >= 11 is 3.64. The van der Waals surface area contributed by atoms with Gasteiger partial charge in [-0.2, -0.15) is 0 Å². The van der Waals surface area contributed by atoms with E-state index in [4.69, 9.17) is 14.2 Å². The van der Waals surface area contributed by atoms with E-state index in [-0.39, 0.29) is 17.7 Å². The lowest BCUT2D eigenvalue weighted by Gasteiger charge is -2.36. The van der Waals surface area contributed by atoms with Crippen LogP contribution in [0, 0.1) is 0 Å². The van der Waals surface area contributed by atoms with Crippen molar-refractivity contribution in [2.24, 2.45) is 0 Å². The minimum absolute atomic E-state index is 0.0537. The smallest absolute Gasteiger partial charge is 0.249 e. The van der Waals surface area contributed by atoms with Crippen LogP contribution in [0.2, 0.25) is 0 Å². The van der Waals surface area contributed by atoms with Gasteiger partial charge in [-0.05, 0) is 55.7 Å². The van der Waals surface area contributed by atoms with E-state index >= 15 is 0 Å². The van der Waals surface area contributed by atoms with Crippen molar-refractivity contribution in [3.63, 3.8) is 0 Å². The van der Waals surface area contributed by atoms with E-state index in [1.807, 2.05) is 29.6 Å². The van der Waals surface area contributed by atoms with Crippen LogP contribution in [0.3, 0.4) is 0 Å². The van der Waals surface area contributed by atoms with E-state index in [0.717, 1.165) is 31.0 Å². The molecule has 5 heterocycles. The van der Waals surface area contributed by atoms with Gasteiger partial charge in [0.1, 0.15) is 6.10 Å². The molecule has 10 heteroatoms. The third-order valence-corrected chi connectivity index (χ3v) is 10.7. The van der Waals surface area contributed by atoms with Crippen molar-refractivity contribution in [1.29, 1.82) is 0 Å². The number of aromatic nitrogens is 1. The standard InChI is InChI=1S/C31H36N4O4S2/c1-20(18-37-19-34-15-23-6-7-24(16-34)39-23)33-21-5-8-27-29(13-21)40-28-4-2-3-25(31(28)41-27)26-17-35(11-12-38-26)22-9-10-32-30(36)14-22/h2-5,8-10,13-14,20,23-24,26,33H,6-7,11-12,15-19H2,1H3,(H,32,36)/t20-,23?,24?,26?/m0/s1. The van der Waals surface area contributed by atoms with E-state index in [2.05, 4.69) is 63.4 Å². The third kappa shape index (κ3) is 6.18. The normalized spacial score (nSPS) is 24.5. The summed E-state index contributed by atoms with van der Waals surface area (Å²) in [5, 5.41) is 3.63. The molecule has 2 bridgehead atoms. The highest BCUT2D eigenvalue weighted by Gasteiger charge is 2.33. The highest BCUT2D eigenvalue weighted by Crippen LogP contribution is 2.51. The molecule has 3 aromatic rings. The monoisotopic (exact) mass is 592 g/mol. The summed E-state index contributed by atoms with van der Waals surface area (Å²) in [4.78, 5) is 24.2. The number of anilines is 2. The van der Waals surface area contributed by atoms with E-state index in [1.54, 1.807) is 12.3 Å². The highest BCUT2D eigenvalue weighted by atomic mass is 32.2. The summed E-state index contributed by atoms with van der Waals surface area (Å²) in [7, 11) is 0. The van der Waals surface area contributed by atoms with Gasteiger partial charge < -0.3 is 29.4 Å². The predicted octanol–water partition coefficient (Wildman–Crippen LogP) is 5.21. The van der Waals surface area contributed by atoms with Crippen LogP contribution >= 0.6 is 23.5 Å². The molecule has 2 aromatic carbocycles. The number of rotatable bonds is 8. The van der Waals surface area contributed by atoms with Crippen molar-refractivity contribution < 1.29 is 14.2 Å². The first-order valence-electron chi connectivity index (χ1n) is 14.5. The second-order valence-electron chi connectivity index (χ2n) is 11.3. The van der Waals surface area contributed by atoms with Gasteiger partial charge in [-0.15, -0.1) is 0 Å². The van der Waals surface area contributed by atoms with Gasteiger partial charge in [0.25, 0.3) is 0 Å². The van der Waals surface area contributed by atoms with Gasteiger partial charge >= 0.3 is 0 Å². The number of nitrogens with zero attached hydrogens (tertiary/aromatic N) is 2. The number of hydrogen-bond donors (Lipinski definition) is 2. The van der Waals surface area contributed by atoms with Crippen molar-refractivity contribution >= 4 is 34.9 Å². The summed E-state index contributed by atoms with van der Waals surface area (Å²) < 4.78 is 18.3. The summed E-state index contributed by atoms with van der Waals surface area (Å²) in [6, 6.07) is 17.0. The number of likely N-dealkylation sites (tertiary alicyclic amines) is 1. The van der Waals surface area contributed by atoms with Gasteiger partial charge in [-0.25, -0.2) is 0 Å². The Morgan fingerprint density at radius 3 is 2.78 bits per heavy atom. The molecule has 2 N–H and O–H groups in total. The second-order valence-corrected chi connectivity index (χ2v) is 13.4. The molecule has 3 unspecified atom stereocenters. The second kappa shape index (κ2) is 12.0. The van der Waals surface area contributed by atoms with Crippen LogP contribution in [0.15, 0.2) is 79.1 Å². The number of nitrogens with one attached hydrogen (secondary N) is 2. The number of ether oxygens (including phenoxy) is 3. The molecule has 8 nitrogen and oxygen atoms in total. The van der Waals surface area contributed by atoms with Crippen LogP contribution in [0.1, 0.15) is 31.4 Å². The van der Waals surface area contributed by atoms with Crippen LogP contribution in [-0.4, -0.2) is 74.3 Å². The van der Waals surface area contributed by atoms with Crippen molar-refractivity contribution in [1.82, 2.24) is 9.88 Å². The molecule has 4 aliphatic heterocycles. The lowest BCUT2D eigenvalue weighted by molar-refractivity contribution is -0.0792. The first-order valence-corrected chi connectivity index (χ1v) is 16.1. The number of morpholine rings is 2. The highest BCUT2D eigenvalue weighted by molar-refractivity contribution is 8.05. The molecule has 4 atom stereocenters. The Morgan fingerprint density at radius 1 is 1.05 bits per heavy atom. The van der Waals surface area contributed by atoms with Crippen molar-refractivity contribution in [2.75, 3.05) is 56.3 Å². The molecule has 0 saturated carbocycles. The molecule has 4 aliphatic rings. The minimum atomic E-state index is -0.0819. The fourth-order valence-corrected chi connectivity index (χ4v) is 8.61. The Kier molecular flexibility index (Phi) is 8.03. The average Bonchev–Trinajstić information content (AvgIpc) is 3.33. The zero-order valence-electron chi connectivity index (χ0n) is 23.2. The number of benzene rings is 2. The maximum atomic E-state index is 11.9. The van der Waals surface area contributed by atoms with Gasteiger partial charge in [0.15, 0.2) is 0 Å². The molecule has 7 rings (SSSR count). The van der Waals surface area contributed by atoms with Crippen LogP contribution in [-0.2, 0) is 14.2 Å². The maximum absolute atomic E-state index is 11.9. The Labute approximate surface area is 249 Å². The lowest BCUT2D eigenvalue weighted by Crippen LogP contribution is -2.44. The van der Waals surface area contributed by atoms with E-state index in [9.17, 15) is 4.79 Å². The number of hydrogen-bond acceptors (Lipinski definition) is 9. The third-order valence-electron chi connectivity index (χ3n) is 8.10. The topological polar surface area (TPSA) is 79.1 Å². The van der Waals surface area contributed by atoms with E-state index in [1.165, 1.54) is 38.0 Å². The SMILES string of the molecule is C[C@@H](COCN1CC2CCC(C1)O2)Nc1ccc2c(c1)Sc1cccc(C3CN(c4cc[nH]c(=O)c4)CCO3)c1S2. The Hall–Kier alpha value is -2.47. The van der Waals surface area contributed by atoms with Crippen LogP contribution < -0.4 is 15.8 Å². The fraction of sp³-hybridized carbons (Fsp3) is 0.452. The minimum Gasteiger partial charge on any atom is -0.380 e. The van der Waals surface area contributed by atoms with Crippen LogP contribution in [0.25, 0.3) is 0 Å².